The van der Waals surface area contributed by atoms with Gasteiger partial charge in [0.25, 0.3) is 10.0 Å². The lowest BCUT2D eigenvalue weighted by Crippen LogP contribution is -2.18. The van der Waals surface area contributed by atoms with Gasteiger partial charge < -0.3 is 9.47 Å². The SMILES string of the molecule is COc1ccc(S(=O)(=O)N/N=C/c2ccccc2C)cc1OC. The third-order valence-corrected chi connectivity index (χ3v) is 4.45. The molecule has 0 unspecified atom stereocenters. The van der Waals surface area contributed by atoms with E-state index in [1.807, 2.05) is 31.2 Å². The molecule has 0 heterocycles. The first-order valence-electron chi connectivity index (χ1n) is 6.80. The van der Waals surface area contributed by atoms with Crippen LogP contribution in [0.15, 0.2) is 52.5 Å². The zero-order valence-corrected chi connectivity index (χ0v) is 13.9. The fourth-order valence-electron chi connectivity index (χ4n) is 1.93. The van der Waals surface area contributed by atoms with Crippen molar-refractivity contribution in [1.82, 2.24) is 4.83 Å². The maximum Gasteiger partial charge on any atom is 0.276 e. The molecule has 0 saturated carbocycles. The summed E-state index contributed by atoms with van der Waals surface area (Å²) < 4.78 is 34.7. The minimum Gasteiger partial charge on any atom is -0.493 e. The van der Waals surface area contributed by atoms with Crippen molar-refractivity contribution in [2.24, 2.45) is 5.10 Å². The fraction of sp³-hybridized carbons (Fsp3) is 0.188. The number of methoxy groups -OCH3 is 2. The number of hydrazone groups is 1. The molecule has 2 aromatic carbocycles. The normalized spacial score (nSPS) is 11.4. The Labute approximate surface area is 135 Å². The van der Waals surface area contributed by atoms with Gasteiger partial charge in [0.2, 0.25) is 0 Å². The van der Waals surface area contributed by atoms with Crippen LogP contribution in [-0.2, 0) is 10.0 Å². The van der Waals surface area contributed by atoms with Crippen LogP contribution < -0.4 is 14.3 Å². The molecule has 0 aliphatic heterocycles. The quantitative estimate of drug-likeness (QED) is 0.650. The van der Waals surface area contributed by atoms with E-state index in [2.05, 4.69) is 9.93 Å². The highest BCUT2D eigenvalue weighted by molar-refractivity contribution is 7.89. The summed E-state index contributed by atoms with van der Waals surface area (Å²) in [7, 11) is -0.859. The number of aryl methyl sites for hydroxylation is 1. The first-order chi connectivity index (χ1) is 11.0. The minimum absolute atomic E-state index is 0.0390. The molecule has 1 N–H and O–H groups in total. The van der Waals surface area contributed by atoms with E-state index in [0.29, 0.717) is 11.5 Å². The number of ether oxygens (including phenoxy) is 2. The number of benzene rings is 2. The molecule has 23 heavy (non-hydrogen) atoms. The van der Waals surface area contributed by atoms with Crippen LogP contribution in [0, 0.1) is 6.92 Å². The van der Waals surface area contributed by atoms with Crippen LogP contribution in [0.25, 0.3) is 0 Å². The number of sulfonamides is 1. The predicted octanol–water partition coefficient (Wildman–Crippen LogP) is 2.32. The Bertz CT molecular complexity index is 817. The van der Waals surface area contributed by atoms with Crippen molar-refractivity contribution in [3.8, 4) is 11.5 Å². The van der Waals surface area contributed by atoms with E-state index in [1.54, 1.807) is 0 Å². The Hall–Kier alpha value is -2.54. The molecule has 2 rings (SSSR count). The standard InChI is InChI=1S/C16H18N2O4S/c1-12-6-4-5-7-13(12)11-17-18-23(19,20)14-8-9-15(21-2)16(10-14)22-3/h4-11,18H,1-3H3/b17-11+. The molecule has 0 bridgehead atoms. The van der Waals surface area contributed by atoms with Gasteiger partial charge in [-0.15, -0.1) is 0 Å². The van der Waals surface area contributed by atoms with Crippen LogP contribution in [-0.4, -0.2) is 28.9 Å². The first-order valence-corrected chi connectivity index (χ1v) is 8.29. The maximum absolute atomic E-state index is 12.3. The number of rotatable bonds is 6. The van der Waals surface area contributed by atoms with Gasteiger partial charge in [-0.2, -0.15) is 13.5 Å². The van der Waals surface area contributed by atoms with E-state index in [-0.39, 0.29) is 4.90 Å². The molecule has 0 saturated heterocycles. The zero-order valence-electron chi connectivity index (χ0n) is 13.1. The summed E-state index contributed by atoms with van der Waals surface area (Å²) in [6, 6.07) is 11.9. The molecule has 2 aromatic rings. The summed E-state index contributed by atoms with van der Waals surface area (Å²) >= 11 is 0. The fourth-order valence-corrected chi connectivity index (χ4v) is 2.74. The van der Waals surface area contributed by atoms with Gasteiger partial charge in [-0.1, -0.05) is 24.3 Å². The Morgan fingerprint density at radius 1 is 1.04 bits per heavy atom. The minimum atomic E-state index is -3.78. The summed E-state index contributed by atoms with van der Waals surface area (Å²) in [5.74, 6) is 0.785. The lowest BCUT2D eigenvalue weighted by atomic mass is 10.1. The topological polar surface area (TPSA) is 77.0 Å². The van der Waals surface area contributed by atoms with Gasteiger partial charge in [-0.3, -0.25) is 0 Å². The van der Waals surface area contributed by atoms with Gasteiger partial charge in [0.05, 0.1) is 25.3 Å². The third-order valence-electron chi connectivity index (χ3n) is 3.23. The molecule has 0 spiro atoms. The summed E-state index contributed by atoms with van der Waals surface area (Å²) in [6.07, 6.45) is 1.47. The Kier molecular flexibility index (Phi) is 5.23. The lowest BCUT2D eigenvalue weighted by molar-refractivity contribution is 0.354. The molecule has 0 atom stereocenters. The Morgan fingerprint density at radius 2 is 1.74 bits per heavy atom. The number of hydrogen-bond acceptors (Lipinski definition) is 5. The van der Waals surface area contributed by atoms with Crippen molar-refractivity contribution < 1.29 is 17.9 Å². The zero-order chi connectivity index (χ0) is 16.9. The molecule has 122 valence electrons. The molecule has 0 amide bonds. The molecular weight excluding hydrogens is 316 g/mol. The van der Waals surface area contributed by atoms with E-state index in [0.717, 1.165) is 11.1 Å². The smallest absolute Gasteiger partial charge is 0.276 e. The second-order valence-corrected chi connectivity index (χ2v) is 6.39. The van der Waals surface area contributed by atoms with E-state index in [4.69, 9.17) is 9.47 Å². The molecule has 0 aliphatic carbocycles. The number of hydrogen-bond donors (Lipinski definition) is 1. The Morgan fingerprint density at radius 3 is 2.39 bits per heavy atom. The van der Waals surface area contributed by atoms with Crippen LogP contribution >= 0.6 is 0 Å². The highest BCUT2D eigenvalue weighted by Gasteiger charge is 2.16. The van der Waals surface area contributed by atoms with Gasteiger partial charge in [-0.05, 0) is 30.2 Å². The van der Waals surface area contributed by atoms with Crippen LogP contribution in [0.2, 0.25) is 0 Å². The molecule has 0 radical (unpaired) electrons. The monoisotopic (exact) mass is 334 g/mol. The maximum atomic E-state index is 12.3. The van der Waals surface area contributed by atoms with Gasteiger partial charge >= 0.3 is 0 Å². The molecule has 7 heteroatoms. The second kappa shape index (κ2) is 7.15. The highest BCUT2D eigenvalue weighted by atomic mass is 32.2. The van der Waals surface area contributed by atoms with E-state index < -0.39 is 10.0 Å². The second-order valence-electron chi connectivity index (χ2n) is 4.73. The van der Waals surface area contributed by atoms with Crippen molar-refractivity contribution in [2.45, 2.75) is 11.8 Å². The summed E-state index contributed by atoms with van der Waals surface area (Å²) in [4.78, 5) is 2.22. The average molecular weight is 334 g/mol. The van der Waals surface area contributed by atoms with Crippen molar-refractivity contribution in [3.63, 3.8) is 0 Å². The van der Waals surface area contributed by atoms with E-state index in [9.17, 15) is 8.42 Å². The predicted molar refractivity (Wildman–Crippen MR) is 88.6 cm³/mol. The molecular formula is C16H18N2O4S. The van der Waals surface area contributed by atoms with Gasteiger partial charge in [-0.25, -0.2) is 4.83 Å². The summed E-state index contributed by atoms with van der Waals surface area (Å²) in [6.45, 7) is 1.92. The summed E-state index contributed by atoms with van der Waals surface area (Å²) in [5, 5.41) is 3.81. The lowest BCUT2D eigenvalue weighted by Gasteiger charge is -2.09. The van der Waals surface area contributed by atoms with Crippen molar-refractivity contribution in [2.75, 3.05) is 14.2 Å². The largest absolute Gasteiger partial charge is 0.493 e. The van der Waals surface area contributed by atoms with Crippen LogP contribution in [0.5, 0.6) is 11.5 Å². The number of nitrogens with one attached hydrogen (secondary N) is 1. The molecule has 6 nitrogen and oxygen atoms in total. The van der Waals surface area contributed by atoms with E-state index in [1.165, 1.54) is 38.6 Å². The van der Waals surface area contributed by atoms with Crippen LogP contribution in [0.1, 0.15) is 11.1 Å². The first kappa shape index (κ1) is 16.8. The van der Waals surface area contributed by atoms with Gasteiger partial charge in [0.15, 0.2) is 11.5 Å². The summed E-state index contributed by atoms with van der Waals surface area (Å²) in [5.41, 5.74) is 1.84. The molecule has 0 aromatic heterocycles. The molecule has 0 aliphatic rings. The van der Waals surface area contributed by atoms with Crippen molar-refractivity contribution in [3.05, 3.63) is 53.6 Å². The van der Waals surface area contributed by atoms with E-state index >= 15 is 0 Å². The van der Waals surface area contributed by atoms with Gasteiger partial charge in [0, 0.05) is 6.07 Å². The third kappa shape index (κ3) is 4.01. The Balaban J connectivity index is 2.21. The van der Waals surface area contributed by atoms with Crippen LogP contribution in [0.3, 0.4) is 0 Å². The van der Waals surface area contributed by atoms with Crippen molar-refractivity contribution >= 4 is 16.2 Å². The number of nitrogens with zero attached hydrogens (tertiary/aromatic N) is 1. The van der Waals surface area contributed by atoms with Crippen LogP contribution in [0.4, 0.5) is 0 Å². The van der Waals surface area contributed by atoms with Crippen molar-refractivity contribution in [1.29, 1.82) is 0 Å². The average Bonchev–Trinajstić information content (AvgIpc) is 2.55. The molecule has 0 fully saturated rings. The van der Waals surface area contributed by atoms with Gasteiger partial charge in [0.1, 0.15) is 0 Å². The highest BCUT2D eigenvalue weighted by Crippen LogP contribution is 2.29.